The van der Waals surface area contributed by atoms with Crippen molar-refractivity contribution < 1.29 is 9.72 Å². The average molecular weight is 385 g/mol. The molecule has 0 radical (unpaired) electrons. The summed E-state index contributed by atoms with van der Waals surface area (Å²) in [5.41, 5.74) is 0.384. The molecule has 1 heterocycles. The Morgan fingerprint density at radius 2 is 1.89 bits per heavy atom. The fourth-order valence-corrected chi connectivity index (χ4v) is 2.47. The summed E-state index contributed by atoms with van der Waals surface area (Å²) in [5, 5.41) is 18.0. The Hall–Kier alpha value is -3.52. The van der Waals surface area contributed by atoms with Crippen molar-refractivity contribution in [2.24, 2.45) is 0 Å². The zero-order valence-electron chi connectivity index (χ0n) is 14.0. The number of rotatable bonds is 4. The molecule has 136 valence electrons. The highest BCUT2D eigenvalue weighted by Crippen LogP contribution is 2.22. The van der Waals surface area contributed by atoms with Gasteiger partial charge in [0.25, 0.3) is 11.6 Å². The molecule has 0 unspecified atom stereocenters. The zero-order chi connectivity index (χ0) is 19.6. The summed E-state index contributed by atoms with van der Waals surface area (Å²) in [6.45, 7) is 1.68. The molecule has 3 aromatic rings. The van der Waals surface area contributed by atoms with Crippen LogP contribution >= 0.6 is 11.6 Å². The highest BCUT2D eigenvalue weighted by molar-refractivity contribution is 6.30. The van der Waals surface area contributed by atoms with E-state index in [1.54, 1.807) is 31.2 Å². The monoisotopic (exact) mass is 384 g/mol. The maximum Gasteiger partial charge on any atom is 0.280 e. The molecular weight excluding hydrogens is 372 g/mol. The highest BCUT2D eigenvalue weighted by Gasteiger charge is 2.16. The fraction of sp³-hybridized carbons (Fsp3) is 0.0556. The molecule has 27 heavy (non-hydrogen) atoms. The number of nitro benzene ring substituents is 1. The molecule has 0 aliphatic heterocycles. The second-order valence-corrected chi connectivity index (χ2v) is 6.10. The van der Waals surface area contributed by atoms with Crippen molar-refractivity contribution in [1.29, 1.82) is 0 Å². The quantitative estimate of drug-likeness (QED) is 0.548. The number of non-ortho nitro benzene ring substituents is 1. The molecular formula is C18H13ClN4O4. The second kappa shape index (κ2) is 7.38. The normalized spacial score (nSPS) is 10.4. The summed E-state index contributed by atoms with van der Waals surface area (Å²) in [5.74, 6) is -0.757. The van der Waals surface area contributed by atoms with Crippen LogP contribution in [0.15, 0.2) is 59.5 Å². The first-order chi connectivity index (χ1) is 12.8. The number of carbonyl (C=O) groups is 1. The van der Waals surface area contributed by atoms with E-state index in [2.05, 4.69) is 10.4 Å². The molecule has 9 heteroatoms. The third-order valence-electron chi connectivity index (χ3n) is 3.79. The van der Waals surface area contributed by atoms with Crippen molar-refractivity contribution in [3.8, 4) is 5.69 Å². The maximum atomic E-state index is 12.5. The van der Waals surface area contributed by atoms with Crippen LogP contribution in [0.5, 0.6) is 0 Å². The Balaban J connectivity index is 1.94. The van der Waals surface area contributed by atoms with Crippen LogP contribution in [0.25, 0.3) is 5.69 Å². The van der Waals surface area contributed by atoms with E-state index in [1.807, 2.05) is 0 Å². The summed E-state index contributed by atoms with van der Waals surface area (Å²) < 4.78 is 1.37. The van der Waals surface area contributed by atoms with Crippen molar-refractivity contribution >= 4 is 28.9 Å². The van der Waals surface area contributed by atoms with Gasteiger partial charge in [-0.1, -0.05) is 17.7 Å². The number of anilines is 1. The van der Waals surface area contributed by atoms with Gasteiger partial charge in [-0.3, -0.25) is 19.7 Å². The molecule has 1 amide bonds. The van der Waals surface area contributed by atoms with Gasteiger partial charge in [0.05, 0.1) is 16.3 Å². The number of nitrogens with one attached hydrogen (secondary N) is 1. The molecule has 3 rings (SSSR count). The van der Waals surface area contributed by atoms with Gasteiger partial charge in [0.15, 0.2) is 5.69 Å². The van der Waals surface area contributed by atoms with E-state index in [-0.39, 0.29) is 17.1 Å². The number of amides is 1. The smallest absolute Gasteiger partial charge is 0.280 e. The summed E-state index contributed by atoms with van der Waals surface area (Å²) in [6, 6.07) is 12.0. The Labute approximate surface area is 158 Å². The number of nitrogens with zero attached hydrogens (tertiary/aromatic N) is 3. The molecule has 2 aromatic carbocycles. The minimum absolute atomic E-state index is 0.171. The molecule has 0 spiro atoms. The third-order valence-corrected chi connectivity index (χ3v) is 4.05. The average Bonchev–Trinajstić information content (AvgIpc) is 2.64. The Morgan fingerprint density at radius 3 is 2.56 bits per heavy atom. The summed E-state index contributed by atoms with van der Waals surface area (Å²) >= 11 is 5.85. The summed E-state index contributed by atoms with van der Waals surface area (Å²) in [6.07, 6.45) is 1.43. The maximum absolute atomic E-state index is 12.5. The lowest BCUT2D eigenvalue weighted by molar-refractivity contribution is -0.384. The first-order valence-electron chi connectivity index (χ1n) is 7.77. The number of aryl methyl sites for hydroxylation is 1. The molecule has 1 aromatic heterocycles. The van der Waals surface area contributed by atoms with Gasteiger partial charge in [-0.2, -0.15) is 5.10 Å². The van der Waals surface area contributed by atoms with Crippen molar-refractivity contribution in [2.45, 2.75) is 6.92 Å². The molecule has 8 nitrogen and oxygen atoms in total. The SMILES string of the molecule is Cc1ccc([N+](=O)[O-])cc1NC(=O)c1nn(-c2ccc(Cl)cc2)ccc1=O. The van der Waals surface area contributed by atoms with Gasteiger partial charge < -0.3 is 5.32 Å². The predicted molar refractivity (Wildman–Crippen MR) is 101 cm³/mol. The first-order valence-corrected chi connectivity index (χ1v) is 8.15. The van der Waals surface area contributed by atoms with Crippen LogP contribution in [0.4, 0.5) is 11.4 Å². The van der Waals surface area contributed by atoms with Crippen molar-refractivity contribution in [3.63, 3.8) is 0 Å². The Bertz CT molecular complexity index is 1090. The Kier molecular flexibility index (Phi) is 5.00. The van der Waals surface area contributed by atoms with E-state index in [0.717, 1.165) is 0 Å². The lowest BCUT2D eigenvalue weighted by Crippen LogP contribution is -2.25. The highest BCUT2D eigenvalue weighted by atomic mass is 35.5. The van der Waals surface area contributed by atoms with Crippen LogP contribution in [0.3, 0.4) is 0 Å². The summed E-state index contributed by atoms with van der Waals surface area (Å²) in [7, 11) is 0. The van der Waals surface area contributed by atoms with E-state index in [0.29, 0.717) is 16.3 Å². The number of nitro groups is 1. The number of hydrogen-bond acceptors (Lipinski definition) is 5. The number of carbonyl (C=O) groups excluding carboxylic acids is 1. The van der Waals surface area contributed by atoms with Gasteiger partial charge in [0.1, 0.15) is 0 Å². The molecule has 0 fully saturated rings. The minimum atomic E-state index is -0.757. The van der Waals surface area contributed by atoms with E-state index >= 15 is 0 Å². The summed E-state index contributed by atoms with van der Waals surface area (Å²) in [4.78, 5) is 35.0. The molecule has 0 atom stereocenters. The predicted octanol–water partition coefficient (Wildman–Crippen LogP) is 3.35. The number of halogens is 1. The minimum Gasteiger partial charge on any atom is -0.320 e. The first kappa shape index (κ1) is 18.3. The molecule has 0 bridgehead atoms. The van der Waals surface area contributed by atoms with E-state index in [4.69, 9.17) is 11.6 Å². The van der Waals surface area contributed by atoms with Crippen LogP contribution < -0.4 is 10.7 Å². The molecule has 0 aliphatic rings. The standard InChI is InChI=1S/C18H13ClN4O4/c1-11-2-5-14(23(26)27)10-15(11)20-18(25)17-16(24)8-9-22(21-17)13-6-3-12(19)4-7-13/h2-10H,1H3,(H,20,25). The topological polar surface area (TPSA) is 107 Å². The number of hydrogen-bond donors (Lipinski definition) is 1. The van der Waals surface area contributed by atoms with E-state index in [1.165, 1.54) is 35.1 Å². The molecule has 0 saturated heterocycles. The van der Waals surface area contributed by atoms with Crippen LogP contribution in [0.2, 0.25) is 5.02 Å². The van der Waals surface area contributed by atoms with Gasteiger partial charge in [-0.15, -0.1) is 0 Å². The van der Waals surface area contributed by atoms with Gasteiger partial charge in [0.2, 0.25) is 5.43 Å². The van der Waals surface area contributed by atoms with E-state index in [9.17, 15) is 19.7 Å². The van der Waals surface area contributed by atoms with Gasteiger partial charge >= 0.3 is 0 Å². The van der Waals surface area contributed by atoms with Gasteiger partial charge in [0, 0.05) is 29.4 Å². The van der Waals surface area contributed by atoms with Crippen molar-refractivity contribution in [1.82, 2.24) is 9.78 Å². The van der Waals surface area contributed by atoms with Crippen LogP contribution in [-0.2, 0) is 0 Å². The van der Waals surface area contributed by atoms with E-state index < -0.39 is 16.3 Å². The molecule has 1 N–H and O–H groups in total. The molecule has 0 saturated carbocycles. The van der Waals surface area contributed by atoms with Crippen LogP contribution in [0.1, 0.15) is 16.1 Å². The lowest BCUT2D eigenvalue weighted by Gasteiger charge is -2.09. The van der Waals surface area contributed by atoms with Crippen molar-refractivity contribution in [2.75, 3.05) is 5.32 Å². The lowest BCUT2D eigenvalue weighted by atomic mass is 10.1. The van der Waals surface area contributed by atoms with Crippen molar-refractivity contribution in [3.05, 3.63) is 91.3 Å². The van der Waals surface area contributed by atoms with Gasteiger partial charge in [-0.05, 0) is 36.8 Å². The number of aromatic nitrogens is 2. The fourth-order valence-electron chi connectivity index (χ4n) is 2.34. The third kappa shape index (κ3) is 4.01. The zero-order valence-corrected chi connectivity index (χ0v) is 14.8. The molecule has 0 aliphatic carbocycles. The Morgan fingerprint density at radius 1 is 1.19 bits per heavy atom. The van der Waals surface area contributed by atoms with Gasteiger partial charge in [-0.25, -0.2) is 4.68 Å². The van der Waals surface area contributed by atoms with Crippen LogP contribution in [0, 0.1) is 17.0 Å². The number of benzene rings is 2. The van der Waals surface area contributed by atoms with Crippen LogP contribution in [-0.4, -0.2) is 20.6 Å². The largest absolute Gasteiger partial charge is 0.320 e. The second-order valence-electron chi connectivity index (χ2n) is 5.66.